The van der Waals surface area contributed by atoms with E-state index in [9.17, 15) is 14.0 Å². The van der Waals surface area contributed by atoms with Gasteiger partial charge in [0.25, 0.3) is 5.91 Å². The molecular weight excluding hydrogens is 385 g/mol. The van der Waals surface area contributed by atoms with Crippen LogP contribution in [0.5, 0.6) is 0 Å². The second-order valence-electron chi connectivity index (χ2n) is 5.71. The van der Waals surface area contributed by atoms with Gasteiger partial charge in [-0.3, -0.25) is 9.59 Å². The van der Waals surface area contributed by atoms with Crippen LogP contribution in [0.15, 0.2) is 77.7 Å². The lowest BCUT2D eigenvalue weighted by Gasteiger charge is -2.08. The minimum Gasteiger partial charge on any atom is -0.322 e. The molecule has 0 saturated carbocycles. The van der Waals surface area contributed by atoms with E-state index in [1.165, 1.54) is 36.0 Å². The molecule has 0 aliphatic rings. The van der Waals surface area contributed by atoms with Gasteiger partial charge < -0.3 is 5.32 Å². The summed E-state index contributed by atoms with van der Waals surface area (Å²) in [5.41, 5.74) is 1.56. The number of carbonyl (C=O) groups excluding carboxylic acids is 2. The van der Waals surface area contributed by atoms with Gasteiger partial charge in [-0.1, -0.05) is 23.7 Å². The van der Waals surface area contributed by atoms with E-state index in [2.05, 4.69) is 5.32 Å². The van der Waals surface area contributed by atoms with Crippen molar-refractivity contribution in [2.45, 2.75) is 4.90 Å². The molecule has 136 valence electrons. The van der Waals surface area contributed by atoms with Crippen molar-refractivity contribution in [3.63, 3.8) is 0 Å². The fourth-order valence-electron chi connectivity index (χ4n) is 2.36. The van der Waals surface area contributed by atoms with Crippen molar-refractivity contribution in [1.82, 2.24) is 0 Å². The van der Waals surface area contributed by atoms with Crippen LogP contribution in [0.1, 0.15) is 20.7 Å². The molecular formula is C21H15ClFNO2S. The van der Waals surface area contributed by atoms with Crippen LogP contribution in [-0.4, -0.2) is 17.4 Å². The van der Waals surface area contributed by atoms with Crippen LogP contribution < -0.4 is 5.32 Å². The molecule has 3 aromatic rings. The molecule has 3 rings (SSSR count). The Hall–Kier alpha value is -2.63. The van der Waals surface area contributed by atoms with E-state index in [-0.39, 0.29) is 23.3 Å². The van der Waals surface area contributed by atoms with Crippen LogP contribution in [0.2, 0.25) is 5.02 Å². The summed E-state index contributed by atoms with van der Waals surface area (Å²) in [6, 6.07) is 19.4. The van der Waals surface area contributed by atoms with Gasteiger partial charge in [-0.05, 0) is 60.7 Å². The first-order chi connectivity index (χ1) is 13.0. The van der Waals surface area contributed by atoms with Crippen molar-refractivity contribution < 1.29 is 14.0 Å². The van der Waals surface area contributed by atoms with Crippen molar-refractivity contribution in [1.29, 1.82) is 0 Å². The smallest absolute Gasteiger partial charge is 0.255 e. The lowest BCUT2D eigenvalue weighted by molar-refractivity contribution is 0.101. The topological polar surface area (TPSA) is 46.2 Å². The Morgan fingerprint density at radius 3 is 2.41 bits per heavy atom. The highest BCUT2D eigenvalue weighted by atomic mass is 35.5. The van der Waals surface area contributed by atoms with Crippen molar-refractivity contribution >= 4 is 40.7 Å². The van der Waals surface area contributed by atoms with Crippen LogP contribution in [0, 0.1) is 5.82 Å². The van der Waals surface area contributed by atoms with Crippen LogP contribution in [0.3, 0.4) is 0 Å². The number of thioether (sulfide) groups is 1. The average molecular weight is 400 g/mol. The van der Waals surface area contributed by atoms with E-state index in [0.717, 1.165) is 4.90 Å². The highest BCUT2D eigenvalue weighted by Gasteiger charge is 2.09. The van der Waals surface area contributed by atoms with Gasteiger partial charge in [0.2, 0.25) is 0 Å². The molecule has 0 spiro atoms. The van der Waals surface area contributed by atoms with E-state index in [4.69, 9.17) is 11.6 Å². The molecule has 0 fully saturated rings. The molecule has 3 aromatic carbocycles. The van der Waals surface area contributed by atoms with Gasteiger partial charge in [-0.25, -0.2) is 4.39 Å². The molecule has 0 heterocycles. The largest absolute Gasteiger partial charge is 0.322 e. The summed E-state index contributed by atoms with van der Waals surface area (Å²) in [6.07, 6.45) is 0. The van der Waals surface area contributed by atoms with Gasteiger partial charge in [0.1, 0.15) is 5.82 Å². The fraction of sp³-hybridized carbons (Fsp3) is 0.0476. The van der Waals surface area contributed by atoms with Gasteiger partial charge in [-0.2, -0.15) is 0 Å². The molecule has 0 radical (unpaired) electrons. The highest BCUT2D eigenvalue weighted by Crippen LogP contribution is 2.23. The lowest BCUT2D eigenvalue weighted by atomic mass is 10.1. The minimum absolute atomic E-state index is 0.0895. The first-order valence-electron chi connectivity index (χ1n) is 8.10. The maximum atomic E-state index is 12.9. The normalized spacial score (nSPS) is 10.4. The van der Waals surface area contributed by atoms with Gasteiger partial charge in [0.05, 0.1) is 5.75 Å². The predicted octanol–water partition coefficient (Wildman–Crippen LogP) is 5.71. The molecule has 1 amide bonds. The third kappa shape index (κ3) is 5.42. The number of rotatable bonds is 6. The fourth-order valence-corrected chi connectivity index (χ4v) is 3.40. The Kier molecular flexibility index (Phi) is 6.27. The monoisotopic (exact) mass is 399 g/mol. The number of ketones is 1. The molecule has 0 aromatic heterocycles. The Morgan fingerprint density at radius 1 is 0.926 bits per heavy atom. The number of carbonyl (C=O) groups is 2. The standard InChI is InChI=1S/C21H15ClFNO2S/c22-16-4-1-3-15(11-16)21(26)24-18-5-2-6-19(12-18)27-13-20(25)14-7-9-17(23)10-8-14/h1-12H,13H2,(H,24,26). The molecule has 0 aliphatic carbocycles. The number of benzene rings is 3. The highest BCUT2D eigenvalue weighted by molar-refractivity contribution is 8.00. The summed E-state index contributed by atoms with van der Waals surface area (Å²) in [5, 5.41) is 3.31. The Balaban J connectivity index is 1.62. The third-order valence-corrected chi connectivity index (χ3v) is 4.94. The van der Waals surface area contributed by atoms with Crippen LogP contribution in [-0.2, 0) is 0 Å². The van der Waals surface area contributed by atoms with Gasteiger partial charge in [0.15, 0.2) is 5.78 Å². The zero-order valence-corrected chi connectivity index (χ0v) is 15.7. The number of hydrogen-bond acceptors (Lipinski definition) is 3. The predicted molar refractivity (Wildman–Crippen MR) is 107 cm³/mol. The second kappa shape index (κ2) is 8.84. The van der Waals surface area contributed by atoms with Crippen molar-refractivity contribution in [3.8, 4) is 0 Å². The summed E-state index contributed by atoms with van der Waals surface area (Å²) < 4.78 is 12.9. The quantitative estimate of drug-likeness (QED) is 0.426. The summed E-state index contributed by atoms with van der Waals surface area (Å²) >= 11 is 7.26. The van der Waals surface area contributed by atoms with Crippen molar-refractivity contribution in [2.24, 2.45) is 0 Å². The van der Waals surface area contributed by atoms with E-state index in [0.29, 0.717) is 21.8 Å². The SMILES string of the molecule is O=C(CSc1cccc(NC(=O)c2cccc(Cl)c2)c1)c1ccc(F)cc1. The first kappa shape index (κ1) is 19.1. The van der Waals surface area contributed by atoms with E-state index in [1.54, 1.807) is 42.5 Å². The second-order valence-corrected chi connectivity index (χ2v) is 7.20. The van der Waals surface area contributed by atoms with Crippen molar-refractivity contribution in [2.75, 3.05) is 11.1 Å². The molecule has 6 heteroatoms. The van der Waals surface area contributed by atoms with Crippen molar-refractivity contribution in [3.05, 3.63) is 94.8 Å². The molecule has 0 atom stereocenters. The Bertz CT molecular complexity index is 976. The zero-order chi connectivity index (χ0) is 19.2. The Labute approximate surface area is 165 Å². The molecule has 0 aliphatic heterocycles. The lowest BCUT2D eigenvalue weighted by Crippen LogP contribution is -2.11. The van der Waals surface area contributed by atoms with Crippen LogP contribution in [0.25, 0.3) is 0 Å². The molecule has 27 heavy (non-hydrogen) atoms. The molecule has 1 N–H and O–H groups in total. The van der Waals surface area contributed by atoms with E-state index in [1.807, 2.05) is 6.07 Å². The summed E-state index contributed by atoms with van der Waals surface area (Å²) in [6.45, 7) is 0. The summed E-state index contributed by atoms with van der Waals surface area (Å²) in [7, 11) is 0. The maximum absolute atomic E-state index is 12.9. The van der Waals surface area contributed by atoms with E-state index < -0.39 is 0 Å². The average Bonchev–Trinajstić information content (AvgIpc) is 2.67. The van der Waals surface area contributed by atoms with Gasteiger partial charge in [-0.15, -0.1) is 11.8 Å². The number of Topliss-reactive ketones (excluding diaryl/α,β-unsaturated/α-hetero) is 1. The van der Waals surface area contributed by atoms with Crippen LogP contribution in [0.4, 0.5) is 10.1 Å². The number of hydrogen-bond donors (Lipinski definition) is 1. The van der Waals surface area contributed by atoms with Crippen LogP contribution >= 0.6 is 23.4 Å². The number of halogens is 2. The zero-order valence-electron chi connectivity index (χ0n) is 14.1. The number of nitrogens with one attached hydrogen (secondary N) is 1. The summed E-state index contributed by atoms with van der Waals surface area (Å²) in [5.74, 6) is -0.505. The van der Waals surface area contributed by atoms with E-state index >= 15 is 0 Å². The third-order valence-electron chi connectivity index (χ3n) is 3.71. The molecule has 0 bridgehead atoms. The number of anilines is 1. The first-order valence-corrected chi connectivity index (χ1v) is 9.46. The molecule has 0 unspecified atom stereocenters. The minimum atomic E-state index is -0.373. The maximum Gasteiger partial charge on any atom is 0.255 e. The number of amides is 1. The molecule has 3 nitrogen and oxygen atoms in total. The van der Waals surface area contributed by atoms with Gasteiger partial charge >= 0.3 is 0 Å². The Morgan fingerprint density at radius 2 is 1.67 bits per heavy atom. The molecule has 0 saturated heterocycles. The summed E-state index contributed by atoms with van der Waals surface area (Å²) in [4.78, 5) is 25.3. The van der Waals surface area contributed by atoms with Gasteiger partial charge in [0, 0.05) is 26.7 Å².